The molecule has 0 rings (SSSR count). The van der Waals surface area contributed by atoms with Crippen LogP contribution in [0.3, 0.4) is 0 Å². The maximum Gasteiger partial charge on any atom is 0.323 e. The van der Waals surface area contributed by atoms with Gasteiger partial charge in [0.05, 0.1) is 0 Å². The summed E-state index contributed by atoms with van der Waals surface area (Å²) >= 11 is 0. The summed E-state index contributed by atoms with van der Waals surface area (Å²) in [7, 11) is 1.64. The molecule has 0 heterocycles. The van der Waals surface area contributed by atoms with Crippen molar-refractivity contribution in [3.63, 3.8) is 0 Å². The maximum atomic E-state index is 11.3. The Morgan fingerprint density at radius 2 is 1.86 bits per heavy atom. The lowest BCUT2D eigenvalue weighted by Gasteiger charge is -2.26. The second-order valence-corrected chi connectivity index (χ2v) is 4.47. The Morgan fingerprint density at radius 3 is 2.21 bits per heavy atom. The predicted octanol–water partition coefficient (Wildman–Crippen LogP) is 0.758. The molecule has 0 saturated carbocycles. The molecule has 0 spiro atoms. The number of carboxylic acid groups (broad SMARTS) is 1. The van der Waals surface area contributed by atoms with Crippen LogP contribution in [-0.4, -0.2) is 42.1 Å². The largest absolute Gasteiger partial charge is 0.480 e. The number of rotatable bonds is 3. The van der Waals surface area contributed by atoms with Gasteiger partial charge < -0.3 is 15.3 Å². The van der Waals surface area contributed by atoms with E-state index in [2.05, 4.69) is 5.32 Å². The average Bonchev–Trinajstić information content (AvgIpc) is 1.96. The summed E-state index contributed by atoms with van der Waals surface area (Å²) in [5, 5.41) is 10.6. The fourth-order valence-electron chi connectivity index (χ4n) is 1.07. The van der Waals surface area contributed by atoms with E-state index in [0.717, 1.165) is 0 Å². The molecule has 0 atom stereocenters. The van der Waals surface area contributed by atoms with Crippen molar-refractivity contribution in [2.45, 2.75) is 20.8 Å². The molecule has 14 heavy (non-hydrogen) atoms. The molecule has 2 amide bonds. The molecule has 0 fully saturated rings. The third kappa shape index (κ3) is 6.28. The van der Waals surface area contributed by atoms with Crippen LogP contribution in [0, 0.1) is 5.41 Å². The Labute approximate surface area is 84.1 Å². The maximum absolute atomic E-state index is 11.3. The quantitative estimate of drug-likeness (QED) is 0.709. The molecule has 0 saturated heterocycles. The first-order chi connectivity index (χ1) is 6.22. The van der Waals surface area contributed by atoms with Crippen molar-refractivity contribution in [2.24, 2.45) is 5.41 Å². The lowest BCUT2D eigenvalue weighted by Crippen LogP contribution is -2.43. The van der Waals surface area contributed by atoms with Crippen molar-refractivity contribution >= 4 is 12.0 Å². The lowest BCUT2D eigenvalue weighted by molar-refractivity contribution is -0.135. The minimum absolute atomic E-state index is 0.00924. The number of urea groups is 1. The van der Waals surface area contributed by atoms with Gasteiger partial charge >= 0.3 is 12.0 Å². The zero-order chi connectivity index (χ0) is 11.4. The van der Waals surface area contributed by atoms with Crippen LogP contribution in [0.4, 0.5) is 4.79 Å². The molecular weight excluding hydrogens is 184 g/mol. The first-order valence-electron chi connectivity index (χ1n) is 4.43. The molecule has 0 aromatic rings. The van der Waals surface area contributed by atoms with Gasteiger partial charge in [0.2, 0.25) is 0 Å². The number of carbonyl (C=O) groups is 2. The minimum Gasteiger partial charge on any atom is -0.480 e. The highest BCUT2D eigenvalue weighted by atomic mass is 16.4. The zero-order valence-electron chi connectivity index (χ0n) is 9.13. The standard InChI is InChI=1S/C9H18N2O3/c1-9(2,3)6-11(4)8(14)10-5-7(12)13/h5-6H2,1-4H3,(H,10,14)(H,12,13). The first kappa shape index (κ1) is 12.7. The van der Waals surface area contributed by atoms with Crippen LogP contribution < -0.4 is 5.32 Å². The topological polar surface area (TPSA) is 69.6 Å². The molecule has 0 aromatic carbocycles. The van der Waals surface area contributed by atoms with E-state index >= 15 is 0 Å². The Hall–Kier alpha value is -1.26. The predicted molar refractivity (Wildman–Crippen MR) is 53.1 cm³/mol. The van der Waals surface area contributed by atoms with E-state index in [1.54, 1.807) is 7.05 Å². The highest BCUT2D eigenvalue weighted by molar-refractivity contribution is 5.79. The molecule has 2 N–H and O–H groups in total. The molecule has 5 heteroatoms. The third-order valence-electron chi connectivity index (χ3n) is 1.45. The SMILES string of the molecule is CN(CC(C)(C)C)C(=O)NCC(=O)O. The average molecular weight is 202 g/mol. The summed E-state index contributed by atoms with van der Waals surface area (Å²) in [5.74, 6) is -1.04. The van der Waals surface area contributed by atoms with E-state index in [0.29, 0.717) is 6.54 Å². The summed E-state index contributed by atoms with van der Waals surface area (Å²) in [6.45, 7) is 6.27. The number of nitrogens with zero attached hydrogens (tertiary/aromatic N) is 1. The Morgan fingerprint density at radius 1 is 1.36 bits per heavy atom. The fraction of sp³-hybridized carbons (Fsp3) is 0.778. The number of hydrogen-bond acceptors (Lipinski definition) is 2. The van der Waals surface area contributed by atoms with E-state index < -0.39 is 5.97 Å². The third-order valence-corrected chi connectivity index (χ3v) is 1.45. The van der Waals surface area contributed by atoms with Gasteiger partial charge in [0, 0.05) is 13.6 Å². The van der Waals surface area contributed by atoms with Crippen molar-refractivity contribution in [3.05, 3.63) is 0 Å². The van der Waals surface area contributed by atoms with E-state index in [4.69, 9.17) is 5.11 Å². The van der Waals surface area contributed by atoms with Crippen LogP contribution in [0.1, 0.15) is 20.8 Å². The number of amides is 2. The highest BCUT2D eigenvalue weighted by Gasteiger charge is 2.17. The van der Waals surface area contributed by atoms with Crippen molar-refractivity contribution in [2.75, 3.05) is 20.1 Å². The molecule has 0 aromatic heterocycles. The Kier molecular flexibility index (Phi) is 4.40. The number of nitrogens with one attached hydrogen (secondary N) is 1. The monoisotopic (exact) mass is 202 g/mol. The number of aliphatic carboxylic acids is 1. The number of carboxylic acids is 1. The van der Waals surface area contributed by atoms with Gasteiger partial charge in [-0.3, -0.25) is 4.79 Å². The molecule has 5 nitrogen and oxygen atoms in total. The zero-order valence-corrected chi connectivity index (χ0v) is 9.13. The summed E-state index contributed by atoms with van der Waals surface area (Å²) in [6, 6.07) is -0.359. The van der Waals surface area contributed by atoms with Gasteiger partial charge in [-0.15, -0.1) is 0 Å². The van der Waals surface area contributed by atoms with Gasteiger partial charge in [0.25, 0.3) is 0 Å². The molecule has 0 aliphatic carbocycles. The van der Waals surface area contributed by atoms with E-state index in [-0.39, 0.29) is 18.0 Å². The molecule has 0 radical (unpaired) electrons. The van der Waals surface area contributed by atoms with Crippen LogP contribution >= 0.6 is 0 Å². The number of hydrogen-bond donors (Lipinski definition) is 2. The van der Waals surface area contributed by atoms with Gasteiger partial charge in [-0.05, 0) is 5.41 Å². The summed E-state index contributed by atoms with van der Waals surface area (Å²) in [6.07, 6.45) is 0. The Balaban J connectivity index is 3.94. The molecule has 0 unspecified atom stereocenters. The molecule has 0 bridgehead atoms. The second-order valence-electron chi connectivity index (χ2n) is 4.47. The molecule has 82 valence electrons. The highest BCUT2D eigenvalue weighted by Crippen LogP contribution is 2.13. The normalized spacial score (nSPS) is 10.9. The summed E-state index contributed by atoms with van der Waals surface area (Å²) in [4.78, 5) is 22.9. The van der Waals surface area contributed by atoms with E-state index in [1.165, 1.54) is 4.90 Å². The van der Waals surface area contributed by atoms with Crippen LogP contribution in [-0.2, 0) is 4.79 Å². The van der Waals surface area contributed by atoms with Crippen LogP contribution in [0.15, 0.2) is 0 Å². The van der Waals surface area contributed by atoms with Gasteiger partial charge in [-0.2, -0.15) is 0 Å². The molecule has 0 aliphatic heterocycles. The van der Waals surface area contributed by atoms with Crippen molar-refractivity contribution in [1.82, 2.24) is 10.2 Å². The summed E-state index contributed by atoms with van der Waals surface area (Å²) in [5.41, 5.74) is 0.00924. The second kappa shape index (κ2) is 4.83. The molecule has 0 aliphatic rings. The molecular formula is C9H18N2O3. The Bertz CT molecular complexity index is 221. The van der Waals surface area contributed by atoms with Gasteiger partial charge in [0.15, 0.2) is 0 Å². The van der Waals surface area contributed by atoms with Crippen LogP contribution in [0.5, 0.6) is 0 Å². The smallest absolute Gasteiger partial charge is 0.323 e. The summed E-state index contributed by atoms with van der Waals surface area (Å²) < 4.78 is 0. The van der Waals surface area contributed by atoms with Gasteiger partial charge in [0.1, 0.15) is 6.54 Å². The number of carbonyl (C=O) groups excluding carboxylic acids is 1. The van der Waals surface area contributed by atoms with E-state index in [9.17, 15) is 9.59 Å². The van der Waals surface area contributed by atoms with Gasteiger partial charge in [-0.25, -0.2) is 4.79 Å². The minimum atomic E-state index is -1.04. The van der Waals surface area contributed by atoms with Crippen LogP contribution in [0.25, 0.3) is 0 Å². The fourth-order valence-corrected chi connectivity index (χ4v) is 1.07. The van der Waals surface area contributed by atoms with Crippen molar-refractivity contribution in [3.8, 4) is 0 Å². The van der Waals surface area contributed by atoms with Gasteiger partial charge in [-0.1, -0.05) is 20.8 Å². The first-order valence-corrected chi connectivity index (χ1v) is 4.43. The lowest BCUT2D eigenvalue weighted by atomic mass is 9.96. The van der Waals surface area contributed by atoms with Crippen LogP contribution in [0.2, 0.25) is 0 Å². The van der Waals surface area contributed by atoms with E-state index in [1.807, 2.05) is 20.8 Å². The van der Waals surface area contributed by atoms with Crippen molar-refractivity contribution in [1.29, 1.82) is 0 Å². The van der Waals surface area contributed by atoms with Crippen molar-refractivity contribution < 1.29 is 14.7 Å².